The van der Waals surface area contributed by atoms with Gasteiger partial charge in [0.25, 0.3) is 0 Å². The zero-order chi connectivity index (χ0) is 2.00. The molecule has 0 aliphatic rings. The molecule has 0 saturated heterocycles. The molecule has 4 heteroatoms. The molecule has 0 atom stereocenters. The predicted octanol–water partition coefficient (Wildman–Crippen LogP) is -8.49. The molecule has 0 bridgehead atoms. The second-order valence-corrected chi connectivity index (χ2v) is 0. The van der Waals surface area contributed by atoms with Gasteiger partial charge in [-0.3, -0.25) is 0 Å². The van der Waals surface area contributed by atoms with Gasteiger partial charge in [0, 0.05) is 0 Å². The Bertz CT molecular complexity index is 6.85. The van der Waals surface area contributed by atoms with Crippen LogP contribution in [0.3, 0.4) is 0 Å². The van der Waals surface area contributed by atoms with Crippen LogP contribution in [0, 0.1) is 7.18 Å². The molecule has 5 heavy (non-hydrogen) atoms. The fourth-order valence-electron chi connectivity index (χ4n) is 0. The van der Waals surface area contributed by atoms with Crippen molar-refractivity contribution in [2.45, 2.75) is 0 Å². The zero-order valence-corrected chi connectivity index (χ0v) is 4.28. The van der Waals surface area contributed by atoms with Crippen molar-refractivity contribution in [1.29, 1.82) is 0 Å². The van der Waals surface area contributed by atoms with Crippen LogP contribution in [0.4, 0.5) is 4.39 Å². The largest absolute Gasteiger partial charge is 1.00 e. The maximum atomic E-state index is 8.75. The molecule has 0 amide bonds. The monoisotopic (exact) mass is 136 g/mol. The van der Waals surface area contributed by atoms with Crippen molar-refractivity contribution >= 4 is 0 Å². The van der Waals surface area contributed by atoms with Crippen LogP contribution in [0.5, 0.6) is 0 Å². The number of halogens is 4. The summed E-state index contributed by atoms with van der Waals surface area (Å²) in [5, 5.41) is 0. The van der Waals surface area contributed by atoms with Crippen molar-refractivity contribution in [1.82, 2.24) is 0 Å². The molecule has 0 aliphatic carbocycles. The molecular weight excluding hydrogens is 137 g/mol. The third-order valence-electron chi connectivity index (χ3n) is 0. The van der Waals surface area contributed by atoms with Gasteiger partial charge in [0.15, 0.2) is 0 Å². The van der Waals surface area contributed by atoms with E-state index in [0.717, 1.165) is 0 Å². The molecule has 0 nitrogen and oxygen atoms in total. The van der Waals surface area contributed by atoms with Crippen LogP contribution < -0.4 is 37.2 Å². The Morgan fingerprint density at radius 2 is 0.800 bits per heavy atom. The smallest absolute Gasteiger partial charge is 1.00 e. The standard InChI is InChI=1S/CF.3ClH/c1-2;;;/h;3*1H/q+3;;;/p-3. The van der Waals surface area contributed by atoms with Gasteiger partial charge in [-0.25, -0.2) is 0 Å². The molecule has 0 radical (unpaired) electrons. The summed E-state index contributed by atoms with van der Waals surface area (Å²) in [6, 6.07) is 0. The van der Waals surface area contributed by atoms with Crippen molar-refractivity contribution in [3.05, 3.63) is 7.18 Å². The van der Waals surface area contributed by atoms with E-state index in [1.54, 1.807) is 0 Å². The second-order valence-electron chi connectivity index (χ2n) is 0. The van der Waals surface area contributed by atoms with E-state index >= 15 is 0 Å². The van der Waals surface area contributed by atoms with Crippen LogP contribution in [0.15, 0.2) is 0 Å². The third kappa shape index (κ3) is 58.8. The Labute approximate surface area is 49.4 Å². The zero-order valence-electron chi connectivity index (χ0n) is 2.01. The Hall–Kier alpha value is 0.800. The minimum atomic E-state index is 0. The van der Waals surface area contributed by atoms with Gasteiger partial charge in [-0.1, -0.05) is 0 Å². The van der Waals surface area contributed by atoms with Gasteiger partial charge >= 0.3 is 11.6 Å². The van der Waals surface area contributed by atoms with Gasteiger partial charge in [-0.05, 0) is 0 Å². The first kappa shape index (κ1) is 41.2. The van der Waals surface area contributed by atoms with Gasteiger partial charge in [-0.15, -0.1) is 0 Å². The van der Waals surface area contributed by atoms with Crippen LogP contribution in [0.1, 0.15) is 0 Å². The van der Waals surface area contributed by atoms with Gasteiger partial charge in [0.2, 0.25) is 0 Å². The second kappa shape index (κ2) is 108. The molecule has 0 aliphatic heterocycles. The van der Waals surface area contributed by atoms with Crippen molar-refractivity contribution < 1.29 is 41.6 Å². The summed E-state index contributed by atoms with van der Waals surface area (Å²) in [7, 11) is 4.25. The Balaban J connectivity index is -0.00000000167. The number of hydrogen-bond acceptors (Lipinski definition) is 0. The fraction of sp³-hybridized carbons (Fsp3) is 0. The Morgan fingerprint density at radius 3 is 0.800 bits per heavy atom. The van der Waals surface area contributed by atoms with E-state index in [9.17, 15) is 0 Å². The fourth-order valence-corrected chi connectivity index (χ4v) is 0. The van der Waals surface area contributed by atoms with Crippen LogP contribution in [0.25, 0.3) is 0 Å². The molecule has 32 valence electrons. The summed E-state index contributed by atoms with van der Waals surface area (Å²) in [6.45, 7) is 0. The molecule has 0 aromatic heterocycles. The molecule has 0 aromatic carbocycles. The number of rotatable bonds is 0. The van der Waals surface area contributed by atoms with Crippen LogP contribution >= 0.6 is 0 Å². The Kier molecular flexibility index (Phi) is 893. The SMILES string of the molecule is [C+3]F.[Cl-].[Cl-].[Cl-]. The van der Waals surface area contributed by atoms with E-state index in [0.29, 0.717) is 0 Å². The summed E-state index contributed by atoms with van der Waals surface area (Å²) in [5.74, 6) is 0. The molecule has 0 fully saturated rings. The molecule has 0 aromatic rings. The quantitative estimate of drug-likeness (QED) is 0.311. The van der Waals surface area contributed by atoms with E-state index < -0.39 is 0 Å². The van der Waals surface area contributed by atoms with Gasteiger partial charge in [0.1, 0.15) is 0 Å². The summed E-state index contributed by atoms with van der Waals surface area (Å²) in [6.07, 6.45) is 0. The van der Waals surface area contributed by atoms with E-state index in [2.05, 4.69) is 7.18 Å². The van der Waals surface area contributed by atoms with E-state index in [-0.39, 0.29) is 37.2 Å². The van der Waals surface area contributed by atoms with Crippen molar-refractivity contribution in [3.63, 3.8) is 0 Å². The molecular formula is CCl3F. The van der Waals surface area contributed by atoms with Gasteiger partial charge in [0.05, 0.1) is 0 Å². The van der Waals surface area contributed by atoms with Gasteiger partial charge < -0.3 is 37.2 Å². The molecule has 0 unspecified atom stereocenters. The minimum Gasteiger partial charge on any atom is -1.00 e. The predicted molar refractivity (Wildman–Crippen MR) is 4.35 cm³/mol. The molecule has 0 spiro atoms. The molecule has 0 heterocycles. The summed E-state index contributed by atoms with van der Waals surface area (Å²) < 4.78 is 8.75. The molecule has 0 saturated carbocycles. The van der Waals surface area contributed by atoms with Crippen LogP contribution in [0.2, 0.25) is 0 Å². The maximum absolute atomic E-state index is 8.75. The first-order chi connectivity index (χ1) is 1.00. The normalized spacial score (nSPS) is 1.40. The topological polar surface area (TPSA) is 0 Å². The Morgan fingerprint density at radius 1 is 0.800 bits per heavy atom. The van der Waals surface area contributed by atoms with Crippen molar-refractivity contribution in [2.75, 3.05) is 0 Å². The summed E-state index contributed by atoms with van der Waals surface area (Å²) in [5.41, 5.74) is 0. The van der Waals surface area contributed by atoms with E-state index in [1.165, 1.54) is 0 Å². The third-order valence-corrected chi connectivity index (χ3v) is 0. The molecule has 0 N–H and O–H groups in total. The molecule has 0 rings (SSSR count). The van der Waals surface area contributed by atoms with E-state index in [4.69, 9.17) is 4.39 Å². The van der Waals surface area contributed by atoms with Crippen LogP contribution in [-0.2, 0) is 0 Å². The number of hydrogen-bond donors (Lipinski definition) is 0. The average Bonchev–Trinajstić information content (AvgIpc) is 1.00. The first-order valence-electron chi connectivity index (χ1n) is 0.189. The minimum absolute atomic E-state index is 0. The summed E-state index contributed by atoms with van der Waals surface area (Å²) in [4.78, 5) is 0. The van der Waals surface area contributed by atoms with Crippen molar-refractivity contribution in [3.8, 4) is 0 Å². The first-order valence-corrected chi connectivity index (χ1v) is 0.189. The average molecular weight is 137 g/mol. The van der Waals surface area contributed by atoms with E-state index in [1.807, 2.05) is 0 Å². The summed E-state index contributed by atoms with van der Waals surface area (Å²) >= 11 is 0. The van der Waals surface area contributed by atoms with Crippen molar-refractivity contribution in [2.24, 2.45) is 0 Å². The maximum Gasteiger partial charge on any atom is -1.00 e. The van der Waals surface area contributed by atoms with Gasteiger partial charge in [-0.2, -0.15) is 0 Å². The van der Waals surface area contributed by atoms with Crippen LogP contribution in [-0.4, -0.2) is 0 Å².